The summed E-state index contributed by atoms with van der Waals surface area (Å²) in [6.45, 7) is 2.05. The second kappa shape index (κ2) is 9.49. The van der Waals surface area contributed by atoms with Crippen LogP contribution in [-0.4, -0.2) is 43.2 Å². The molecule has 28 heavy (non-hydrogen) atoms. The van der Waals surface area contributed by atoms with Crippen LogP contribution in [0.1, 0.15) is 31.1 Å². The van der Waals surface area contributed by atoms with E-state index in [-0.39, 0.29) is 0 Å². The van der Waals surface area contributed by atoms with E-state index in [1.807, 2.05) is 0 Å². The molecule has 1 amide bonds. The number of benzene rings is 1. The van der Waals surface area contributed by atoms with E-state index in [0.29, 0.717) is 0 Å². The molecule has 0 aliphatic carbocycles. The molecule has 1 N–H and O–H groups in total. The van der Waals surface area contributed by atoms with Crippen LogP contribution in [0.5, 0.6) is 0 Å². The van der Waals surface area contributed by atoms with Gasteiger partial charge in [0.2, 0.25) is 0 Å². The largest absolute Gasteiger partial charge is 0.463 e. The quantitative estimate of drug-likeness (QED) is 0.366. The van der Waals surface area contributed by atoms with Crippen LogP contribution in [0.15, 0.2) is 24.3 Å². The van der Waals surface area contributed by atoms with Crippen molar-refractivity contribution in [3.8, 4) is 0 Å². The summed E-state index contributed by atoms with van der Waals surface area (Å²) in [5.74, 6) is -4.90. The molecule has 7 nitrogen and oxygen atoms in total. The first kappa shape index (κ1) is 24.1. The van der Waals surface area contributed by atoms with Gasteiger partial charge in [0.1, 0.15) is 5.82 Å². The number of amides is 1. The first-order valence-corrected chi connectivity index (χ1v) is 9.75. The highest BCUT2D eigenvalue weighted by Crippen LogP contribution is 2.64. The topological polar surface area (TPSA) is 90.9 Å². The minimum absolute atomic E-state index is 0.523. The third-order valence-corrected chi connectivity index (χ3v) is 5.97. The van der Waals surface area contributed by atoms with Crippen LogP contribution in [0.3, 0.4) is 0 Å². The molecule has 1 rings (SSSR count). The lowest BCUT2D eigenvalue weighted by molar-refractivity contribution is -0.196. The van der Waals surface area contributed by atoms with E-state index >= 15 is 0 Å². The number of carbonyl (C=O) groups excluding carboxylic acids is 2. The smallest absolute Gasteiger partial charge is 0.434 e. The maximum Gasteiger partial charge on any atom is 0.434 e. The molecule has 1 atom stereocenters. The van der Waals surface area contributed by atoms with Gasteiger partial charge in [0.05, 0.1) is 25.4 Å². The fraction of sp³-hybridized carbons (Fsp3) is 0.500. The van der Waals surface area contributed by atoms with Crippen molar-refractivity contribution in [2.75, 3.05) is 19.8 Å². The van der Waals surface area contributed by atoms with E-state index in [9.17, 15) is 31.7 Å². The lowest BCUT2D eigenvalue weighted by Crippen LogP contribution is -2.64. The minimum Gasteiger partial charge on any atom is -0.463 e. The summed E-state index contributed by atoms with van der Waals surface area (Å²) in [4.78, 5) is 24.8. The molecule has 1 unspecified atom stereocenters. The van der Waals surface area contributed by atoms with Gasteiger partial charge in [0.15, 0.2) is 0 Å². The molecular formula is C16H20F4NO6P. The number of halogens is 4. The van der Waals surface area contributed by atoms with Gasteiger partial charge in [-0.25, -0.2) is 9.18 Å². The van der Waals surface area contributed by atoms with Gasteiger partial charge in [-0.1, -0.05) is 12.1 Å². The molecule has 1 aromatic carbocycles. The number of hydrogen-bond acceptors (Lipinski definition) is 6. The van der Waals surface area contributed by atoms with E-state index < -0.39 is 62.1 Å². The molecule has 0 spiro atoms. The Bertz CT molecular complexity index is 747. The second-order valence-corrected chi connectivity index (χ2v) is 7.38. The molecule has 0 bridgehead atoms. The van der Waals surface area contributed by atoms with E-state index in [1.165, 1.54) is 38.2 Å². The molecule has 158 valence electrons. The Balaban J connectivity index is 3.69. The highest BCUT2D eigenvalue weighted by atomic mass is 31.2. The zero-order valence-electron chi connectivity index (χ0n) is 15.3. The van der Waals surface area contributed by atoms with Crippen molar-refractivity contribution in [1.29, 1.82) is 0 Å². The Labute approximate surface area is 158 Å². The van der Waals surface area contributed by atoms with Crippen molar-refractivity contribution >= 4 is 19.5 Å². The lowest BCUT2D eigenvalue weighted by Gasteiger charge is -2.38. The van der Waals surface area contributed by atoms with Crippen LogP contribution in [0, 0.1) is 5.82 Å². The molecule has 0 radical (unpaired) electrons. The van der Waals surface area contributed by atoms with E-state index in [1.54, 1.807) is 0 Å². The third kappa shape index (κ3) is 4.53. The van der Waals surface area contributed by atoms with Gasteiger partial charge in [0, 0.05) is 0 Å². The Morgan fingerprint density at radius 3 is 2.00 bits per heavy atom. The van der Waals surface area contributed by atoms with Crippen LogP contribution in [0.25, 0.3) is 0 Å². The van der Waals surface area contributed by atoms with Gasteiger partial charge in [-0.05, 0) is 32.9 Å². The van der Waals surface area contributed by atoms with Gasteiger partial charge in [-0.15, -0.1) is 0 Å². The van der Waals surface area contributed by atoms with Gasteiger partial charge < -0.3 is 19.1 Å². The molecule has 0 fully saturated rings. The van der Waals surface area contributed by atoms with Crippen molar-refractivity contribution in [3.05, 3.63) is 35.6 Å². The Morgan fingerprint density at radius 1 is 1.04 bits per heavy atom. The number of nitrogens with one attached hydrogen (secondary N) is 1. The molecule has 12 heteroatoms. The number of hydrogen-bond donors (Lipinski definition) is 1. The minimum atomic E-state index is -5.67. The molecular weight excluding hydrogens is 409 g/mol. The fourth-order valence-electron chi connectivity index (χ4n) is 2.26. The van der Waals surface area contributed by atoms with Crippen molar-refractivity contribution in [2.45, 2.75) is 32.2 Å². The SMILES string of the molecule is CCOC(=O)C(NC(=O)c1ccccc1F)(C(F)(F)F)P(=O)(OCC)OCC. The average molecular weight is 429 g/mol. The van der Waals surface area contributed by atoms with E-state index in [2.05, 4.69) is 4.74 Å². The molecule has 0 heterocycles. The molecule has 0 aromatic heterocycles. The summed E-state index contributed by atoms with van der Waals surface area (Å²) in [5, 5.41) is -2.86. The summed E-state index contributed by atoms with van der Waals surface area (Å²) in [5.41, 5.74) is -0.806. The highest BCUT2D eigenvalue weighted by molar-refractivity contribution is 7.57. The van der Waals surface area contributed by atoms with Gasteiger partial charge in [0.25, 0.3) is 5.91 Å². The van der Waals surface area contributed by atoms with Crippen molar-refractivity contribution in [1.82, 2.24) is 5.32 Å². The van der Waals surface area contributed by atoms with Crippen LogP contribution in [0.4, 0.5) is 17.6 Å². The van der Waals surface area contributed by atoms with Crippen molar-refractivity contribution in [2.24, 2.45) is 0 Å². The van der Waals surface area contributed by atoms with E-state index in [0.717, 1.165) is 12.1 Å². The van der Waals surface area contributed by atoms with Crippen LogP contribution in [-0.2, 0) is 23.1 Å². The van der Waals surface area contributed by atoms with Gasteiger partial charge in [-0.3, -0.25) is 9.36 Å². The molecule has 0 saturated heterocycles. The normalized spacial score (nSPS) is 14.2. The zero-order valence-corrected chi connectivity index (χ0v) is 16.2. The molecule has 1 aromatic rings. The summed E-state index contributed by atoms with van der Waals surface area (Å²) in [6, 6.07) is 4.13. The first-order chi connectivity index (χ1) is 13.0. The summed E-state index contributed by atoms with van der Waals surface area (Å²) >= 11 is 0. The average Bonchev–Trinajstić information content (AvgIpc) is 2.59. The maximum absolute atomic E-state index is 14.1. The highest BCUT2D eigenvalue weighted by Gasteiger charge is 2.75. The summed E-state index contributed by atoms with van der Waals surface area (Å²) in [7, 11) is -5.41. The third-order valence-electron chi connectivity index (χ3n) is 3.40. The summed E-state index contributed by atoms with van der Waals surface area (Å²) < 4.78 is 83.2. The maximum atomic E-state index is 14.1. The van der Waals surface area contributed by atoms with Crippen LogP contribution < -0.4 is 5.32 Å². The monoisotopic (exact) mass is 429 g/mol. The van der Waals surface area contributed by atoms with Gasteiger partial charge in [-0.2, -0.15) is 13.2 Å². The van der Waals surface area contributed by atoms with Crippen molar-refractivity contribution < 1.29 is 45.5 Å². The molecule has 0 aliphatic rings. The van der Waals surface area contributed by atoms with Gasteiger partial charge >= 0.3 is 25.0 Å². The predicted molar refractivity (Wildman–Crippen MR) is 90.1 cm³/mol. The van der Waals surface area contributed by atoms with Crippen LogP contribution in [0.2, 0.25) is 0 Å². The number of esters is 1. The number of carbonyl (C=O) groups is 2. The molecule has 0 aliphatic heterocycles. The number of ether oxygens (including phenoxy) is 1. The van der Waals surface area contributed by atoms with Crippen molar-refractivity contribution in [3.63, 3.8) is 0 Å². The van der Waals surface area contributed by atoms with Crippen LogP contribution >= 0.6 is 7.60 Å². The Hall–Kier alpha value is -1.97. The number of rotatable bonds is 9. The number of alkyl halides is 3. The first-order valence-electron chi connectivity index (χ1n) is 8.20. The zero-order chi connectivity index (χ0) is 21.6. The standard InChI is InChI=1S/C16H20F4NO6P/c1-4-25-14(23)15(16(18,19)20,28(24,26-5-2)27-6-3)21-13(22)11-9-7-8-10-12(11)17/h7-10H,4-6H2,1-3H3,(H,21,22). The fourth-order valence-corrected chi connectivity index (χ4v) is 4.24. The lowest BCUT2D eigenvalue weighted by atomic mass is 10.1. The predicted octanol–water partition coefficient (Wildman–Crippen LogP) is 3.64. The summed E-state index contributed by atoms with van der Waals surface area (Å²) in [6.07, 6.45) is -5.67. The Kier molecular flexibility index (Phi) is 8.16. The van der Waals surface area contributed by atoms with E-state index in [4.69, 9.17) is 9.05 Å². The second-order valence-electron chi connectivity index (χ2n) is 5.20. The molecule has 0 saturated carbocycles. The Morgan fingerprint density at radius 2 is 1.57 bits per heavy atom.